The van der Waals surface area contributed by atoms with E-state index in [-0.39, 0.29) is 16.5 Å². The van der Waals surface area contributed by atoms with E-state index in [0.29, 0.717) is 5.02 Å². The molecular weight excluding hydrogens is 370 g/mol. The summed E-state index contributed by atoms with van der Waals surface area (Å²) in [7, 11) is 0. The van der Waals surface area contributed by atoms with Crippen LogP contribution < -0.4 is 5.32 Å². The molecule has 23 heavy (non-hydrogen) atoms. The molecule has 2 rings (SSSR count). The number of thioether (sulfide) groups is 1. The molecule has 1 N–H and O–H groups in total. The van der Waals surface area contributed by atoms with Gasteiger partial charge in [0.1, 0.15) is 0 Å². The van der Waals surface area contributed by atoms with E-state index in [9.17, 15) is 18.0 Å². The molecule has 0 fully saturated rings. The fourth-order valence-electron chi connectivity index (χ4n) is 1.66. The molecule has 2 nitrogen and oxygen atoms in total. The number of benzene rings is 2. The molecule has 1 amide bonds. The second kappa shape index (κ2) is 7.47. The number of carbonyl (C=O) groups is 1. The summed E-state index contributed by atoms with van der Waals surface area (Å²) in [5.41, 5.74) is -0.939. The summed E-state index contributed by atoms with van der Waals surface area (Å²) in [6.07, 6.45) is -4.50. The van der Waals surface area contributed by atoms with E-state index in [1.807, 2.05) is 0 Å². The normalized spacial score (nSPS) is 11.3. The van der Waals surface area contributed by atoms with Gasteiger partial charge in [0.05, 0.1) is 22.0 Å². The molecule has 0 unspecified atom stereocenters. The van der Waals surface area contributed by atoms with Gasteiger partial charge in [-0.25, -0.2) is 0 Å². The van der Waals surface area contributed by atoms with Crippen LogP contribution in [0.2, 0.25) is 10.0 Å². The van der Waals surface area contributed by atoms with Crippen molar-refractivity contribution in [2.75, 3.05) is 11.1 Å². The molecule has 2 aromatic rings. The highest BCUT2D eigenvalue weighted by molar-refractivity contribution is 8.00. The number of rotatable bonds is 4. The van der Waals surface area contributed by atoms with Crippen LogP contribution in [0.3, 0.4) is 0 Å². The van der Waals surface area contributed by atoms with Gasteiger partial charge in [0.2, 0.25) is 5.91 Å². The average molecular weight is 380 g/mol. The molecule has 2 aromatic carbocycles. The van der Waals surface area contributed by atoms with E-state index >= 15 is 0 Å². The van der Waals surface area contributed by atoms with Crippen LogP contribution in [0.25, 0.3) is 0 Å². The van der Waals surface area contributed by atoms with Gasteiger partial charge in [0, 0.05) is 9.92 Å². The fraction of sp³-hybridized carbons (Fsp3) is 0.133. The Bertz CT molecular complexity index is 705. The number of alkyl halides is 3. The smallest absolute Gasteiger partial charge is 0.324 e. The molecule has 0 saturated heterocycles. The third-order valence-electron chi connectivity index (χ3n) is 2.75. The first-order valence-corrected chi connectivity index (χ1v) is 8.05. The molecule has 122 valence electrons. The Balaban J connectivity index is 2.01. The predicted molar refractivity (Wildman–Crippen MR) is 87.3 cm³/mol. The zero-order valence-corrected chi connectivity index (χ0v) is 13.8. The lowest BCUT2D eigenvalue weighted by Crippen LogP contribution is -2.15. The summed E-state index contributed by atoms with van der Waals surface area (Å²) in [6.45, 7) is 0. The molecule has 0 aliphatic rings. The number of nitrogens with one attached hydrogen (secondary N) is 1. The Labute approximate surface area is 145 Å². The Kier molecular flexibility index (Phi) is 5.84. The van der Waals surface area contributed by atoms with Crippen LogP contribution in [0.15, 0.2) is 47.4 Å². The first-order valence-electron chi connectivity index (χ1n) is 6.30. The van der Waals surface area contributed by atoms with E-state index in [2.05, 4.69) is 5.32 Å². The number of carbonyl (C=O) groups excluding carboxylic acids is 1. The Morgan fingerprint density at radius 1 is 1.09 bits per heavy atom. The van der Waals surface area contributed by atoms with Gasteiger partial charge in [-0.2, -0.15) is 13.2 Å². The van der Waals surface area contributed by atoms with Crippen LogP contribution in [0, 0.1) is 0 Å². The minimum atomic E-state index is -4.50. The van der Waals surface area contributed by atoms with E-state index < -0.39 is 17.6 Å². The highest BCUT2D eigenvalue weighted by Gasteiger charge is 2.31. The van der Waals surface area contributed by atoms with Crippen LogP contribution in [0.4, 0.5) is 18.9 Å². The fourth-order valence-corrected chi connectivity index (χ4v) is 2.65. The highest BCUT2D eigenvalue weighted by atomic mass is 35.5. The van der Waals surface area contributed by atoms with Gasteiger partial charge < -0.3 is 5.32 Å². The largest absolute Gasteiger partial charge is 0.416 e. The van der Waals surface area contributed by atoms with Crippen LogP contribution in [-0.4, -0.2) is 11.7 Å². The van der Waals surface area contributed by atoms with E-state index in [1.165, 1.54) is 11.8 Å². The van der Waals surface area contributed by atoms with Crippen molar-refractivity contribution in [2.45, 2.75) is 11.1 Å². The first kappa shape index (κ1) is 18.0. The molecule has 0 heterocycles. The Morgan fingerprint density at radius 2 is 1.74 bits per heavy atom. The molecule has 0 atom stereocenters. The lowest BCUT2D eigenvalue weighted by Gasteiger charge is -2.11. The monoisotopic (exact) mass is 379 g/mol. The van der Waals surface area contributed by atoms with Crippen LogP contribution in [-0.2, 0) is 11.0 Å². The quantitative estimate of drug-likeness (QED) is 0.685. The predicted octanol–water partition coefficient (Wildman–Crippen LogP) is 5.74. The number of hydrogen-bond donors (Lipinski definition) is 1. The summed E-state index contributed by atoms with van der Waals surface area (Å²) in [5.74, 6) is -0.417. The minimum Gasteiger partial charge on any atom is -0.324 e. The maximum atomic E-state index is 12.7. The topological polar surface area (TPSA) is 29.1 Å². The zero-order valence-electron chi connectivity index (χ0n) is 11.5. The SMILES string of the molecule is O=C(CSc1ccc(Cl)cc1)Nc1cc(C(F)(F)F)ccc1Cl. The molecule has 8 heteroatoms. The molecule has 0 aliphatic carbocycles. The molecular formula is C15H10Cl2F3NOS. The van der Waals surface area contributed by atoms with Gasteiger partial charge in [-0.3, -0.25) is 4.79 Å². The van der Waals surface area contributed by atoms with Gasteiger partial charge in [0.15, 0.2) is 0 Å². The molecule has 0 aliphatic heterocycles. The van der Waals surface area contributed by atoms with Crippen molar-refractivity contribution in [2.24, 2.45) is 0 Å². The minimum absolute atomic E-state index is 0.0359. The summed E-state index contributed by atoms with van der Waals surface area (Å²) >= 11 is 12.8. The highest BCUT2D eigenvalue weighted by Crippen LogP contribution is 2.34. The van der Waals surface area contributed by atoms with Crippen molar-refractivity contribution >= 4 is 46.6 Å². The van der Waals surface area contributed by atoms with Crippen molar-refractivity contribution < 1.29 is 18.0 Å². The van der Waals surface area contributed by atoms with E-state index in [1.54, 1.807) is 24.3 Å². The summed E-state index contributed by atoms with van der Waals surface area (Å²) in [4.78, 5) is 12.7. The Morgan fingerprint density at radius 3 is 2.35 bits per heavy atom. The standard InChI is InChI=1S/C15H10Cl2F3NOS/c16-10-2-4-11(5-3-10)23-8-14(22)21-13-7-9(15(18,19)20)1-6-12(13)17/h1-7H,8H2,(H,21,22). The third kappa shape index (κ3) is 5.34. The van der Waals surface area contributed by atoms with Crippen LogP contribution in [0.5, 0.6) is 0 Å². The molecule has 0 radical (unpaired) electrons. The average Bonchev–Trinajstić information content (AvgIpc) is 2.48. The maximum absolute atomic E-state index is 12.7. The maximum Gasteiger partial charge on any atom is 0.416 e. The van der Waals surface area contributed by atoms with Gasteiger partial charge in [-0.05, 0) is 42.5 Å². The van der Waals surface area contributed by atoms with Crippen LogP contribution >= 0.6 is 35.0 Å². The van der Waals surface area contributed by atoms with Crippen molar-refractivity contribution in [3.05, 3.63) is 58.1 Å². The van der Waals surface area contributed by atoms with Crippen molar-refractivity contribution in [3.8, 4) is 0 Å². The molecule has 0 aromatic heterocycles. The van der Waals surface area contributed by atoms with Crippen LogP contribution in [0.1, 0.15) is 5.56 Å². The van der Waals surface area contributed by atoms with E-state index in [0.717, 1.165) is 23.1 Å². The van der Waals surface area contributed by atoms with Crippen molar-refractivity contribution in [1.29, 1.82) is 0 Å². The number of hydrogen-bond acceptors (Lipinski definition) is 2. The van der Waals surface area contributed by atoms with Gasteiger partial charge in [-0.15, -0.1) is 11.8 Å². The third-order valence-corrected chi connectivity index (χ3v) is 4.34. The van der Waals surface area contributed by atoms with Gasteiger partial charge in [-0.1, -0.05) is 23.2 Å². The second-order valence-electron chi connectivity index (χ2n) is 4.48. The zero-order chi connectivity index (χ0) is 17.0. The summed E-state index contributed by atoms with van der Waals surface area (Å²) in [5, 5.41) is 3.01. The molecule has 0 saturated carbocycles. The first-order chi connectivity index (χ1) is 10.8. The van der Waals surface area contributed by atoms with E-state index in [4.69, 9.17) is 23.2 Å². The summed E-state index contributed by atoms with van der Waals surface area (Å²) in [6, 6.07) is 9.64. The summed E-state index contributed by atoms with van der Waals surface area (Å²) < 4.78 is 38.0. The number of amides is 1. The van der Waals surface area contributed by atoms with Crippen molar-refractivity contribution in [1.82, 2.24) is 0 Å². The number of anilines is 1. The molecule has 0 spiro atoms. The lowest BCUT2D eigenvalue weighted by molar-refractivity contribution is -0.137. The molecule has 0 bridgehead atoms. The van der Waals surface area contributed by atoms with Gasteiger partial charge in [0.25, 0.3) is 0 Å². The number of halogens is 5. The Hall–Kier alpha value is -1.37. The second-order valence-corrected chi connectivity index (χ2v) is 6.38. The van der Waals surface area contributed by atoms with Crippen molar-refractivity contribution in [3.63, 3.8) is 0 Å². The van der Waals surface area contributed by atoms with Gasteiger partial charge >= 0.3 is 6.18 Å². The lowest BCUT2D eigenvalue weighted by atomic mass is 10.2.